The van der Waals surface area contributed by atoms with Crippen LogP contribution in [0.15, 0.2) is 18.2 Å². The van der Waals surface area contributed by atoms with E-state index >= 15 is 0 Å². The topological polar surface area (TPSA) is 38.5 Å². The van der Waals surface area contributed by atoms with Crippen LogP contribution < -0.4 is 10.6 Å². The lowest BCUT2D eigenvalue weighted by Crippen LogP contribution is -2.44. The molecule has 0 amide bonds. The van der Waals surface area contributed by atoms with Gasteiger partial charge in [-0.2, -0.15) is 0 Å². The second-order valence-corrected chi connectivity index (χ2v) is 5.79. The molecule has 1 unspecified atom stereocenters. The van der Waals surface area contributed by atoms with E-state index in [2.05, 4.69) is 30.1 Å². The fourth-order valence-corrected chi connectivity index (χ4v) is 3.13. The third kappa shape index (κ3) is 5.62. The number of hydrogen-bond acceptors (Lipinski definition) is 3. The number of nitrogens with two attached hydrogens (primary N) is 1. The van der Waals surface area contributed by atoms with E-state index < -0.39 is 0 Å². The molecule has 1 aliphatic rings. The number of fused-ring (bicyclic) bond motifs is 1. The molecule has 0 aromatic heterocycles. The number of methoxy groups -OCH3 is 1. The summed E-state index contributed by atoms with van der Waals surface area (Å²) in [6.07, 6.45) is 8.37. The van der Waals surface area contributed by atoms with Crippen LogP contribution in [-0.4, -0.2) is 24.7 Å². The summed E-state index contributed by atoms with van der Waals surface area (Å²) >= 11 is 0. The lowest BCUT2D eigenvalue weighted by atomic mass is 9.87. The number of unbranched alkanes of at least 4 members (excludes halogenated alkanes) is 3. The summed E-state index contributed by atoms with van der Waals surface area (Å²) in [5.74, 6) is 7.30. The zero-order chi connectivity index (χ0) is 14.4. The quantitative estimate of drug-likeness (QED) is 0.457. The summed E-state index contributed by atoms with van der Waals surface area (Å²) in [7, 11) is 1.75. The molecule has 0 radical (unpaired) electrons. The molecule has 0 saturated heterocycles. The van der Waals surface area contributed by atoms with E-state index in [9.17, 15) is 0 Å². The van der Waals surface area contributed by atoms with Crippen molar-refractivity contribution < 1.29 is 4.74 Å². The zero-order valence-corrected chi connectivity index (χ0v) is 15.3. The zero-order valence-electron chi connectivity index (χ0n) is 13.7. The van der Waals surface area contributed by atoms with Crippen molar-refractivity contribution in [2.75, 3.05) is 13.7 Å². The van der Waals surface area contributed by atoms with Gasteiger partial charge in [0, 0.05) is 12.6 Å². The van der Waals surface area contributed by atoms with Gasteiger partial charge in [-0.1, -0.05) is 38.3 Å². The first-order chi connectivity index (χ1) is 9.76. The minimum Gasteiger partial charge on any atom is -0.496 e. The van der Waals surface area contributed by atoms with Crippen LogP contribution in [0.3, 0.4) is 0 Å². The molecule has 0 heterocycles. The van der Waals surface area contributed by atoms with Crippen LogP contribution >= 0.6 is 24.8 Å². The fourth-order valence-electron chi connectivity index (χ4n) is 3.13. The number of hydrazine groups is 1. The van der Waals surface area contributed by atoms with Crippen molar-refractivity contribution in [3.63, 3.8) is 0 Å². The largest absolute Gasteiger partial charge is 0.496 e. The van der Waals surface area contributed by atoms with Crippen LogP contribution in [0.1, 0.15) is 50.2 Å². The summed E-state index contributed by atoms with van der Waals surface area (Å²) < 4.78 is 5.46. The van der Waals surface area contributed by atoms with E-state index in [1.165, 1.54) is 36.8 Å². The third-order valence-electron chi connectivity index (χ3n) is 4.37. The third-order valence-corrected chi connectivity index (χ3v) is 4.37. The molecule has 0 fully saturated rings. The van der Waals surface area contributed by atoms with Crippen molar-refractivity contribution in [3.8, 4) is 5.75 Å². The van der Waals surface area contributed by atoms with Crippen molar-refractivity contribution in [2.45, 2.75) is 57.9 Å². The van der Waals surface area contributed by atoms with Gasteiger partial charge in [-0.05, 0) is 42.9 Å². The van der Waals surface area contributed by atoms with E-state index in [0.29, 0.717) is 6.04 Å². The second kappa shape index (κ2) is 11.1. The van der Waals surface area contributed by atoms with Crippen LogP contribution in [0.5, 0.6) is 5.75 Å². The molecule has 2 rings (SSSR count). The number of hydrogen-bond donors (Lipinski definition) is 1. The van der Waals surface area contributed by atoms with Crippen LogP contribution in [0.2, 0.25) is 0 Å². The average molecular weight is 349 g/mol. The Morgan fingerprint density at radius 2 is 2.00 bits per heavy atom. The monoisotopic (exact) mass is 348 g/mol. The van der Waals surface area contributed by atoms with Crippen molar-refractivity contribution in [2.24, 2.45) is 5.84 Å². The van der Waals surface area contributed by atoms with Crippen LogP contribution in [0.4, 0.5) is 0 Å². The number of ether oxygens (including phenoxy) is 1. The minimum absolute atomic E-state index is 0. The predicted molar refractivity (Wildman–Crippen MR) is 98.3 cm³/mol. The molecule has 0 saturated carbocycles. The van der Waals surface area contributed by atoms with Gasteiger partial charge in [-0.25, -0.2) is 5.01 Å². The Hall–Kier alpha value is -0.480. The highest BCUT2D eigenvalue weighted by Crippen LogP contribution is 2.30. The molecule has 0 spiro atoms. The van der Waals surface area contributed by atoms with Crippen LogP contribution in [-0.2, 0) is 12.8 Å². The molecular weight excluding hydrogens is 319 g/mol. The average Bonchev–Trinajstić information content (AvgIpc) is 2.50. The Labute approximate surface area is 147 Å². The highest BCUT2D eigenvalue weighted by molar-refractivity contribution is 5.85. The first kappa shape index (κ1) is 21.5. The number of benzene rings is 1. The van der Waals surface area contributed by atoms with Gasteiger partial charge in [-0.3, -0.25) is 5.84 Å². The first-order valence-corrected chi connectivity index (χ1v) is 7.92. The molecule has 1 aromatic carbocycles. The Bertz CT molecular complexity index is 429. The first-order valence-electron chi connectivity index (χ1n) is 7.92. The molecule has 5 heteroatoms. The van der Waals surface area contributed by atoms with Crippen molar-refractivity contribution in [1.82, 2.24) is 5.01 Å². The maximum absolute atomic E-state index is 6.26. The molecule has 1 aromatic rings. The van der Waals surface area contributed by atoms with Gasteiger partial charge in [-0.15, -0.1) is 24.8 Å². The molecule has 2 N–H and O–H groups in total. The summed E-state index contributed by atoms with van der Waals surface area (Å²) in [6.45, 7) is 3.26. The molecule has 128 valence electrons. The van der Waals surface area contributed by atoms with Gasteiger partial charge in [0.05, 0.1) is 7.11 Å². The van der Waals surface area contributed by atoms with Crippen LogP contribution in [0.25, 0.3) is 0 Å². The van der Waals surface area contributed by atoms with Gasteiger partial charge >= 0.3 is 0 Å². The van der Waals surface area contributed by atoms with Crippen LogP contribution in [0, 0.1) is 0 Å². The molecule has 0 bridgehead atoms. The van der Waals surface area contributed by atoms with Crippen molar-refractivity contribution in [3.05, 3.63) is 29.3 Å². The maximum Gasteiger partial charge on any atom is 0.122 e. The van der Waals surface area contributed by atoms with E-state index in [4.69, 9.17) is 10.6 Å². The normalized spacial score (nSPS) is 16.5. The molecule has 22 heavy (non-hydrogen) atoms. The summed E-state index contributed by atoms with van der Waals surface area (Å²) in [6, 6.07) is 6.84. The summed E-state index contributed by atoms with van der Waals surface area (Å²) in [5.41, 5.74) is 2.79. The Morgan fingerprint density at radius 1 is 1.23 bits per heavy atom. The highest BCUT2D eigenvalue weighted by atomic mass is 35.5. The van der Waals surface area contributed by atoms with Gasteiger partial charge < -0.3 is 4.74 Å². The van der Waals surface area contributed by atoms with E-state index in [0.717, 1.165) is 31.6 Å². The minimum atomic E-state index is 0. The SMILES string of the molecule is CCCCCCN(N)C1CCc2c(cccc2OC)C1.Cl.Cl. The predicted octanol–water partition coefficient (Wildman–Crippen LogP) is 4.15. The maximum atomic E-state index is 6.26. The molecule has 3 nitrogen and oxygen atoms in total. The number of nitrogens with zero attached hydrogens (tertiary/aromatic N) is 1. The summed E-state index contributed by atoms with van der Waals surface area (Å²) in [4.78, 5) is 0. The van der Waals surface area contributed by atoms with Gasteiger partial charge in [0.15, 0.2) is 0 Å². The number of halogens is 2. The van der Waals surface area contributed by atoms with Gasteiger partial charge in [0.1, 0.15) is 5.75 Å². The van der Waals surface area contributed by atoms with Gasteiger partial charge in [0.2, 0.25) is 0 Å². The van der Waals surface area contributed by atoms with E-state index in [1.807, 2.05) is 0 Å². The van der Waals surface area contributed by atoms with E-state index in [-0.39, 0.29) is 24.8 Å². The van der Waals surface area contributed by atoms with E-state index in [1.54, 1.807) is 7.11 Å². The fraction of sp³-hybridized carbons (Fsp3) is 0.647. The Kier molecular flexibility index (Phi) is 10.9. The Balaban J connectivity index is 0.00000220. The van der Waals surface area contributed by atoms with Crippen molar-refractivity contribution in [1.29, 1.82) is 0 Å². The lowest BCUT2D eigenvalue weighted by Gasteiger charge is -2.32. The lowest BCUT2D eigenvalue weighted by molar-refractivity contribution is 0.178. The number of rotatable bonds is 7. The molecule has 1 atom stereocenters. The molecule has 1 aliphatic carbocycles. The van der Waals surface area contributed by atoms with Gasteiger partial charge in [0.25, 0.3) is 0 Å². The molecular formula is C17H30Cl2N2O. The summed E-state index contributed by atoms with van der Waals surface area (Å²) in [5, 5.41) is 2.07. The Morgan fingerprint density at radius 3 is 2.68 bits per heavy atom. The second-order valence-electron chi connectivity index (χ2n) is 5.79. The van der Waals surface area contributed by atoms with Crippen molar-refractivity contribution >= 4 is 24.8 Å². The highest BCUT2D eigenvalue weighted by Gasteiger charge is 2.24. The molecule has 0 aliphatic heterocycles. The standard InChI is InChI=1S/C17H28N2O.2ClH/c1-3-4-5-6-12-19(18)15-10-11-16-14(13-15)8-7-9-17(16)20-2;;/h7-9,15H,3-6,10-13,18H2,1-2H3;2*1H. The smallest absolute Gasteiger partial charge is 0.122 e.